The zero-order chi connectivity index (χ0) is 8.34. The van der Waals surface area contributed by atoms with Gasteiger partial charge < -0.3 is 0 Å². The molecule has 0 aliphatic heterocycles. The molecule has 2 nitrogen and oxygen atoms in total. The average molecular weight is 178 g/mol. The topological polar surface area (TPSA) is 25.8 Å². The Balaban J connectivity index is 2.28. The predicted octanol–water partition coefficient (Wildman–Crippen LogP) is 2.23. The van der Waals surface area contributed by atoms with E-state index in [2.05, 4.69) is 28.7 Å². The van der Waals surface area contributed by atoms with Gasteiger partial charge in [-0.25, -0.2) is 0 Å². The smallest absolute Gasteiger partial charge is 0.103 e. The molecule has 2 unspecified atom stereocenters. The highest BCUT2D eigenvalue weighted by molar-refractivity contribution is 6.99. The molecule has 2 aliphatic carbocycles. The number of nitrogens with zero attached hydrogens (tertiary/aromatic N) is 2. The summed E-state index contributed by atoms with van der Waals surface area (Å²) in [5.41, 5.74) is 4.06. The Morgan fingerprint density at radius 3 is 3.25 bits per heavy atom. The van der Waals surface area contributed by atoms with E-state index in [1.807, 2.05) is 0 Å². The quantitative estimate of drug-likeness (QED) is 0.609. The first-order valence-electron chi connectivity index (χ1n) is 4.23. The minimum atomic E-state index is 0.349. The maximum absolute atomic E-state index is 4.39. The van der Waals surface area contributed by atoms with Gasteiger partial charge in [0.25, 0.3) is 0 Å². The molecule has 0 saturated heterocycles. The molecule has 3 heteroatoms. The Kier molecular flexibility index (Phi) is 1.01. The highest BCUT2D eigenvalue weighted by atomic mass is 32.1. The van der Waals surface area contributed by atoms with Gasteiger partial charge in [-0.1, -0.05) is 13.0 Å². The fourth-order valence-corrected chi connectivity index (χ4v) is 2.85. The molecule has 2 atom stereocenters. The maximum atomic E-state index is 4.39. The summed E-state index contributed by atoms with van der Waals surface area (Å²) in [5, 5.41) is 0. The molecular formula is C9H10N2S. The van der Waals surface area contributed by atoms with Crippen molar-refractivity contribution in [3.8, 4) is 0 Å². The minimum Gasteiger partial charge on any atom is -0.177 e. The van der Waals surface area contributed by atoms with Crippen LogP contribution in [0.25, 0.3) is 5.57 Å². The van der Waals surface area contributed by atoms with Crippen LogP contribution in [0.1, 0.15) is 31.7 Å². The van der Waals surface area contributed by atoms with E-state index in [1.54, 1.807) is 0 Å². The molecule has 1 saturated carbocycles. The zero-order valence-electron chi connectivity index (χ0n) is 7.16. The summed E-state index contributed by atoms with van der Waals surface area (Å²) < 4.78 is 8.71. The van der Waals surface area contributed by atoms with Gasteiger partial charge in [0.1, 0.15) is 5.69 Å². The van der Waals surface area contributed by atoms with E-state index in [9.17, 15) is 0 Å². The zero-order valence-corrected chi connectivity index (χ0v) is 7.98. The van der Waals surface area contributed by atoms with Crippen LogP contribution in [0.15, 0.2) is 6.08 Å². The van der Waals surface area contributed by atoms with E-state index in [0.29, 0.717) is 5.41 Å². The van der Waals surface area contributed by atoms with Crippen LogP contribution in [0.5, 0.6) is 0 Å². The second kappa shape index (κ2) is 1.79. The normalized spacial score (nSPS) is 36.8. The van der Waals surface area contributed by atoms with Crippen molar-refractivity contribution in [2.24, 2.45) is 5.92 Å². The summed E-state index contributed by atoms with van der Waals surface area (Å²) in [6.07, 6.45) is 3.62. The first-order chi connectivity index (χ1) is 5.72. The number of hydrogen-bond acceptors (Lipinski definition) is 3. The van der Waals surface area contributed by atoms with Gasteiger partial charge in [-0.3, -0.25) is 0 Å². The summed E-state index contributed by atoms with van der Waals surface area (Å²) >= 11 is 1.35. The lowest BCUT2D eigenvalue weighted by atomic mass is 9.92. The van der Waals surface area contributed by atoms with Gasteiger partial charge in [-0.2, -0.15) is 8.75 Å². The minimum absolute atomic E-state index is 0.349. The molecule has 3 rings (SSSR count). The van der Waals surface area contributed by atoms with Crippen LogP contribution in [-0.2, 0) is 5.41 Å². The summed E-state index contributed by atoms with van der Waals surface area (Å²) in [4.78, 5) is 0. The lowest BCUT2D eigenvalue weighted by Gasteiger charge is -2.13. The highest BCUT2D eigenvalue weighted by Gasteiger charge is 2.55. The van der Waals surface area contributed by atoms with Crippen molar-refractivity contribution in [2.75, 3.05) is 0 Å². The second-order valence-corrected chi connectivity index (χ2v) is 4.57. The lowest BCUT2D eigenvalue weighted by molar-refractivity contribution is 0.703. The standard InChI is InChI=1S/C9H10N2S/c1-5-3-6-4-9(6,2)8-7(5)10-12-11-8/h3,6H,4H2,1-2H3. The third kappa shape index (κ3) is 0.614. The van der Waals surface area contributed by atoms with E-state index in [0.717, 1.165) is 11.6 Å². The first kappa shape index (κ1) is 6.78. The molecule has 12 heavy (non-hydrogen) atoms. The molecule has 0 spiro atoms. The van der Waals surface area contributed by atoms with Crippen LogP contribution < -0.4 is 0 Å². The Morgan fingerprint density at radius 2 is 2.42 bits per heavy atom. The van der Waals surface area contributed by atoms with E-state index >= 15 is 0 Å². The largest absolute Gasteiger partial charge is 0.177 e. The summed E-state index contributed by atoms with van der Waals surface area (Å²) in [5.74, 6) is 0.744. The van der Waals surface area contributed by atoms with Crippen molar-refractivity contribution in [3.05, 3.63) is 17.5 Å². The van der Waals surface area contributed by atoms with Gasteiger partial charge in [0.2, 0.25) is 0 Å². The number of allylic oxidation sites excluding steroid dienone is 2. The Morgan fingerprint density at radius 1 is 1.58 bits per heavy atom. The Bertz CT molecular complexity index is 380. The van der Waals surface area contributed by atoms with Crippen molar-refractivity contribution in [3.63, 3.8) is 0 Å². The third-order valence-electron chi connectivity index (χ3n) is 3.16. The molecule has 62 valence electrons. The monoisotopic (exact) mass is 178 g/mol. The van der Waals surface area contributed by atoms with Crippen molar-refractivity contribution in [2.45, 2.75) is 25.7 Å². The molecule has 0 N–H and O–H groups in total. The SMILES string of the molecule is CC1=CC2CC2(C)c2nsnc21. The third-order valence-corrected chi connectivity index (χ3v) is 3.68. The van der Waals surface area contributed by atoms with Gasteiger partial charge in [0.05, 0.1) is 17.4 Å². The Hall–Kier alpha value is -0.700. The maximum Gasteiger partial charge on any atom is 0.103 e. The van der Waals surface area contributed by atoms with Gasteiger partial charge in [-0.15, -0.1) is 0 Å². The Labute approximate surface area is 75.6 Å². The second-order valence-electron chi connectivity index (χ2n) is 4.04. The van der Waals surface area contributed by atoms with Crippen LogP contribution in [0.4, 0.5) is 0 Å². The molecule has 1 fully saturated rings. The first-order valence-corrected chi connectivity index (χ1v) is 4.97. The lowest BCUT2D eigenvalue weighted by Crippen LogP contribution is -2.10. The van der Waals surface area contributed by atoms with Crippen LogP contribution in [0, 0.1) is 5.92 Å². The van der Waals surface area contributed by atoms with E-state index in [4.69, 9.17) is 0 Å². The molecular weight excluding hydrogens is 168 g/mol. The van der Waals surface area contributed by atoms with Crippen molar-refractivity contribution >= 4 is 17.3 Å². The molecule has 0 radical (unpaired) electrons. The molecule has 0 aromatic carbocycles. The summed E-state index contributed by atoms with van der Waals surface area (Å²) in [6.45, 7) is 4.43. The van der Waals surface area contributed by atoms with E-state index in [1.165, 1.54) is 29.4 Å². The number of hydrogen-bond donors (Lipinski definition) is 0. The number of aromatic nitrogens is 2. The highest BCUT2D eigenvalue weighted by Crippen LogP contribution is 2.58. The molecule has 0 bridgehead atoms. The molecule has 1 heterocycles. The molecule has 1 aromatic rings. The number of rotatable bonds is 0. The van der Waals surface area contributed by atoms with Gasteiger partial charge >= 0.3 is 0 Å². The molecule has 2 aliphatic rings. The van der Waals surface area contributed by atoms with Crippen LogP contribution in [-0.4, -0.2) is 8.75 Å². The van der Waals surface area contributed by atoms with Crippen LogP contribution in [0.2, 0.25) is 0 Å². The van der Waals surface area contributed by atoms with Gasteiger partial charge in [-0.05, 0) is 24.8 Å². The van der Waals surface area contributed by atoms with E-state index < -0.39 is 0 Å². The average Bonchev–Trinajstić information content (AvgIpc) is 2.49. The summed E-state index contributed by atoms with van der Waals surface area (Å²) in [7, 11) is 0. The fourth-order valence-electron chi connectivity index (χ4n) is 2.12. The fraction of sp³-hybridized carbons (Fsp3) is 0.556. The van der Waals surface area contributed by atoms with E-state index in [-0.39, 0.29) is 0 Å². The summed E-state index contributed by atoms with van der Waals surface area (Å²) in [6, 6.07) is 0. The van der Waals surface area contributed by atoms with Crippen molar-refractivity contribution in [1.29, 1.82) is 0 Å². The van der Waals surface area contributed by atoms with Crippen molar-refractivity contribution in [1.82, 2.24) is 8.75 Å². The molecule has 0 amide bonds. The van der Waals surface area contributed by atoms with Gasteiger partial charge in [0.15, 0.2) is 0 Å². The van der Waals surface area contributed by atoms with Crippen LogP contribution in [0.3, 0.4) is 0 Å². The van der Waals surface area contributed by atoms with Gasteiger partial charge in [0, 0.05) is 5.41 Å². The predicted molar refractivity (Wildman–Crippen MR) is 49.0 cm³/mol. The molecule has 1 aromatic heterocycles. The number of fused-ring (bicyclic) bond motifs is 3. The van der Waals surface area contributed by atoms with Crippen LogP contribution >= 0.6 is 11.7 Å². The van der Waals surface area contributed by atoms with Crippen molar-refractivity contribution < 1.29 is 0 Å².